The maximum absolute atomic E-state index is 12.5. The Bertz CT molecular complexity index is 590. The Kier molecular flexibility index (Phi) is 3.35. The summed E-state index contributed by atoms with van der Waals surface area (Å²) >= 11 is 1.70. The molecule has 0 radical (unpaired) electrons. The molecular weight excluding hydrogens is 256 g/mol. The van der Waals surface area contributed by atoms with Crippen molar-refractivity contribution in [2.75, 3.05) is 0 Å². The molecule has 0 bridgehead atoms. The molecule has 0 saturated heterocycles. The van der Waals surface area contributed by atoms with Gasteiger partial charge in [0.05, 0.1) is 10.2 Å². The minimum Gasteiger partial charge on any atom is -0.348 e. The Morgan fingerprint density at radius 2 is 2.16 bits per heavy atom. The normalized spacial score (nSPS) is 16.6. The number of fused-ring (bicyclic) bond motifs is 1. The van der Waals surface area contributed by atoms with Crippen LogP contribution in [0.15, 0.2) is 17.5 Å². The molecule has 102 valence electrons. The highest BCUT2D eigenvalue weighted by atomic mass is 32.1. The van der Waals surface area contributed by atoms with Crippen LogP contribution >= 0.6 is 11.3 Å². The summed E-state index contributed by atoms with van der Waals surface area (Å²) in [6.45, 7) is 4.26. The van der Waals surface area contributed by atoms with Crippen molar-refractivity contribution in [3.8, 4) is 0 Å². The van der Waals surface area contributed by atoms with Crippen LogP contribution in [0.2, 0.25) is 0 Å². The van der Waals surface area contributed by atoms with E-state index in [1.54, 1.807) is 11.3 Å². The summed E-state index contributed by atoms with van der Waals surface area (Å²) in [5, 5.41) is 5.27. The summed E-state index contributed by atoms with van der Waals surface area (Å²) in [4.78, 5) is 12.5. The number of carbonyl (C=O) groups excluding carboxylic acids is 1. The van der Waals surface area contributed by atoms with Gasteiger partial charge in [0.1, 0.15) is 5.69 Å². The highest BCUT2D eigenvalue weighted by Gasteiger charge is 2.22. The van der Waals surface area contributed by atoms with E-state index in [1.807, 2.05) is 6.07 Å². The van der Waals surface area contributed by atoms with Crippen LogP contribution in [0.5, 0.6) is 0 Å². The van der Waals surface area contributed by atoms with Gasteiger partial charge in [-0.25, -0.2) is 0 Å². The second kappa shape index (κ2) is 5.00. The Balaban J connectivity index is 1.92. The molecule has 0 aromatic carbocycles. The second-order valence-electron chi connectivity index (χ2n) is 5.62. The van der Waals surface area contributed by atoms with Gasteiger partial charge in [0, 0.05) is 12.1 Å². The maximum atomic E-state index is 12.5. The summed E-state index contributed by atoms with van der Waals surface area (Å²) in [5.74, 6) is 0.0870. The zero-order valence-corrected chi connectivity index (χ0v) is 12.3. The topological polar surface area (TPSA) is 34.0 Å². The molecule has 1 saturated carbocycles. The van der Waals surface area contributed by atoms with E-state index in [0.717, 1.165) is 18.5 Å². The molecule has 0 atom stereocenters. The first-order valence-corrected chi connectivity index (χ1v) is 7.94. The lowest BCUT2D eigenvalue weighted by Gasteiger charge is -2.16. The van der Waals surface area contributed by atoms with Crippen LogP contribution < -0.4 is 5.32 Å². The Morgan fingerprint density at radius 1 is 1.42 bits per heavy atom. The lowest BCUT2D eigenvalue weighted by molar-refractivity contribution is 0.0927. The van der Waals surface area contributed by atoms with Crippen molar-refractivity contribution in [2.24, 2.45) is 0 Å². The van der Waals surface area contributed by atoms with E-state index < -0.39 is 0 Å². The number of nitrogens with zero attached hydrogens (tertiary/aromatic N) is 1. The van der Waals surface area contributed by atoms with Gasteiger partial charge in [0.25, 0.3) is 5.91 Å². The van der Waals surface area contributed by atoms with Crippen molar-refractivity contribution in [3.63, 3.8) is 0 Å². The number of aromatic nitrogens is 1. The molecule has 0 unspecified atom stereocenters. The van der Waals surface area contributed by atoms with Crippen molar-refractivity contribution in [1.29, 1.82) is 0 Å². The lowest BCUT2D eigenvalue weighted by Crippen LogP contribution is -2.34. The van der Waals surface area contributed by atoms with Gasteiger partial charge >= 0.3 is 0 Å². The average Bonchev–Trinajstić information content (AvgIpc) is 3.02. The summed E-state index contributed by atoms with van der Waals surface area (Å²) in [7, 11) is 0. The molecule has 3 rings (SSSR count). The van der Waals surface area contributed by atoms with Crippen molar-refractivity contribution in [3.05, 3.63) is 23.2 Å². The molecule has 2 aromatic rings. The number of amides is 1. The third-order valence-electron chi connectivity index (χ3n) is 3.90. The quantitative estimate of drug-likeness (QED) is 0.904. The van der Waals surface area contributed by atoms with Crippen molar-refractivity contribution in [2.45, 2.75) is 51.6 Å². The fraction of sp³-hybridized carbons (Fsp3) is 0.533. The van der Waals surface area contributed by atoms with Gasteiger partial charge in [0.2, 0.25) is 0 Å². The molecule has 4 heteroatoms. The fourth-order valence-electron chi connectivity index (χ4n) is 3.01. The van der Waals surface area contributed by atoms with E-state index in [2.05, 4.69) is 35.2 Å². The molecule has 1 fully saturated rings. The summed E-state index contributed by atoms with van der Waals surface area (Å²) < 4.78 is 3.35. The molecular formula is C15H20N2OS. The van der Waals surface area contributed by atoms with E-state index in [4.69, 9.17) is 0 Å². The predicted octanol–water partition coefficient (Wildman–Crippen LogP) is 3.96. The minimum absolute atomic E-state index is 0.0870. The molecule has 0 aliphatic heterocycles. The molecule has 1 amide bonds. The molecule has 3 nitrogen and oxygen atoms in total. The third kappa shape index (κ3) is 2.29. The largest absolute Gasteiger partial charge is 0.348 e. The molecule has 1 aliphatic rings. The van der Waals surface area contributed by atoms with Crippen LogP contribution in [0.3, 0.4) is 0 Å². The van der Waals surface area contributed by atoms with Crippen LogP contribution in [-0.4, -0.2) is 16.5 Å². The van der Waals surface area contributed by atoms with Crippen molar-refractivity contribution in [1.82, 2.24) is 9.88 Å². The van der Waals surface area contributed by atoms with Gasteiger partial charge < -0.3 is 9.88 Å². The zero-order chi connectivity index (χ0) is 13.4. The molecule has 19 heavy (non-hydrogen) atoms. The van der Waals surface area contributed by atoms with Gasteiger partial charge in [0.15, 0.2) is 0 Å². The number of nitrogens with one attached hydrogen (secondary N) is 1. The van der Waals surface area contributed by atoms with Gasteiger partial charge in [-0.05, 0) is 44.2 Å². The minimum atomic E-state index is 0.0870. The number of hydrogen-bond acceptors (Lipinski definition) is 2. The van der Waals surface area contributed by atoms with Crippen LogP contribution in [0.1, 0.15) is 56.1 Å². The molecule has 2 heterocycles. The molecule has 1 N–H and O–H groups in total. The summed E-state index contributed by atoms with van der Waals surface area (Å²) in [5.41, 5.74) is 1.99. The number of thiophene rings is 1. The van der Waals surface area contributed by atoms with Gasteiger partial charge in [-0.1, -0.05) is 12.8 Å². The number of rotatable bonds is 3. The van der Waals surface area contributed by atoms with Gasteiger partial charge in [-0.2, -0.15) is 0 Å². The van der Waals surface area contributed by atoms with Crippen LogP contribution in [0.4, 0.5) is 0 Å². The summed E-state index contributed by atoms with van der Waals surface area (Å²) in [6, 6.07) is 4.81. The van der Waals surface area contributed by atoms with Gasteiger partial charge in [-0.15, -0.1) is 11.3 Å². The molecule has 0 spiro atoms. The van der Waals surface area contributed by atoms with E-state index in [1.165, 1.54) is 23.1 Å². The van der Waals surface area contributed by atoms with Crippen LogP contribution in [0.25, 0.3) is 10.2 Å². The van der Waals surface area contributed by atoms with Crippen molar-refractivity contribution >= 4 is 27.5 Å². The smallest absolute Gasteiger partial charge is 0.268 e. The Morgan fingerprint density at radius 3 is 2.84 bits per heavy atom. The zero-order valence-electron chi connectivity index (χ0n) is 11.5. The van der Waals surface area contributed by atoms with Crippen LogP contribution in [-0.2, 0) is 0 Å². The third-order valence-corrected chi connectivity index (χ3v) is 4.75. The first-order valence-electron chi connectivity index (χ1n) is 7.06. The Hall–Kier alpha value is -1.29. The first kappa shape index (κ1) is 12.7. The van der Waals surface area contributed by atoms with Crippen LogP contribution in [0, 0.1) is 0 Å². The first-order chi connectivity index (χ1) is 9.16. The fourth-order valence-corrected chi connectivity index (χ4v) is 3.82. The van der Waals surface area contributed by atoms with E-state index >= 15 is 0 Å². The Labute approximate surface area is 117 Å². The van der Waals surface area contributed by atoms with E-state index in [-0.39, 0.29) is 5.91 Å². The standard InChI is InChI=1S/C15H20N2OS/c1-10(2)17-12-7-8-19-14(12)9-13(17)15(18)16-11-5-3-4-6-11/h7-11H,3-6H2,1-2H3,(H,16,18). The molecule has 1 aliphatic carbocycles. The molecule has 2 aromatic heterocycles. The number of carbonyl (C=O) groups is 1. The average molecular weight is 276 g/mol. The second-order valence-corrected chi connectivity index (χ2v) is 6.57. The predicted molar refractivity (Wildman–Crippen MR) is 79.9 cm³/mol. The van der Waals surface area contributed by atoms with Crippen molar-refractivity contribution < 1.29 is 4.79 Å². The summed E-state index contributed by atoms with van der Waals surface area (Å²) in [6.07, 6.45) is 4.74. The van der Waals surface area contributed by atoms with Gasteiger partial charge in [-0.3, -0.25) is 4.79 Å². The maximum Gasteiger partial charge on any atom is 0.268 e. The van der Waals surface area contributed by atoms with E-state index in [0.29, 0.717) is 12.1 Å². The van der Waals surface area contributed by atoms with E-state index in [9.17, 15) is 4.79 Å². The SMILES string of the molecule is CC(C)n1c(C(=O)NC2CCCC2)cc2sccc21. The monoisotopic (exact) mass is 276 g/mol. The number of hydrogen-bond donors (Lipinski definition) is 1. The highest BCUT2D eigenvalue weighted by molar-refractivity contribution is 7.17. The highest BCUT2D eigenvalue weighted by Crippen LogP contribution is 2.28. The lowest BCUT2D eigenvalue weighted by atomic mass is 10.2.